The standard InChI is InChI=1S/C14H17BrO/c15-13-3-1-2-4-14(13)16-9-12-8-10-5-6-11(12)7-10/h1-4,10-12H,5-9H2. The van der Waals surface area contributed by atoms with Crippen LogP contribution in [-0.2, 0) is 0 Å². The maximum atomic E-state index is 5.93. The second kappa shape index (κ2) is 4.40. The van der Waals surface area contributed by atoms with Gasteiger partial charge in [-0.05, 0) is 65.1 Å². The molecule has 1 nitrogen and oxygen atoms in total. The first-order chi connectivity index (χ1) is 7.83. The van der Waals surface area contributed by atoms with E-state index in [1.807, 2.05) is 24.3 Å². The van der Waals surface area contributed by atoms with Crippen LogP contribution >= 0.6 is 15.9 Å². The zero-order chi connectivity index (χ0) is 11.0. The van der Waals surface area contributed by atoms with Gasteiger partial charge in [-0.25, -0.2) is 0 Å². The van der Waals surface area contributed by atoms with Crippen LogP contribution in [0.1, 0.15) is 25.7 Å². The fourth-order valence-corrected chi connectivity index (χ4v) is 3.74. The van der Waals surface area contributed by atoms with Crippen molar-refractivity contribution in [3.05, 3.63) is 28.7 Å². The van der Waals surface area contributed by atoms with Crippen LogP contribution in [0.25, 0.3) is 0 Å². The second-order valence-corrected chi connectivity index (χ2v) is 6.03. The summed E-state index contributed by atoms with van der Waals surface area (Å²) in [6.07, 6.45) is 5.77. The van der Waals surface area contributed by atoms with Gasteiger partial charge in [0.05, 0.1) is 11.1 Å². The van der Waals surface area contributed by atoms with Gasteiger partial charge in [-0.1, -0.05) is 18.6 Å². The highest BCUT2D eigenvalue weighted by molar-refractivity contribution is 9.10. The minimum atomic E-state index is 0.811. The predicted molar refractivity (Wildman–Crippen MR) is 68.6 cm³/mol. The fraction of sp³-hybridized carbons (Fsp3) is 0.571. The Balaban J connectivity index is 1.59. The molecule has 1 aromatic carbocycles. The van der Waals surface area contributed by atoms with Crippen molar-refractivity contribution in [2.75, 3.05) is 6.61 Å². The molecule has 3 rings (SSSR count). The first kappa shape index (κ1) is 10.6. The molecule has 0 amide bonds. The molecule has 3 unspecified atom stereocenters. The molecule has 2 fully saturated rings. The largest absolute Gasteiger partial charge is 0.492 e. The molecule has 0 spiro atoms. The van der Waals surface area contributed by atoms with E-state index in [9.17, 15) is 0 Å². The number of benzene rings is 1. The summed E-state index contributed by atoms with van der Waals surface area (Å²) in [5, 5.41) is 0. The molecule has 86 valence electrons. The second-order valence-electron chi connectivity index (χ2n) is 5.18. The molecule has 0 heterocycles. The molecule has 0 aliphatic heterocycles. The summed E-state index contributed by atoms with van der Waals surface area (Å²) in [5.74, 6) is 3.77. The van der Waals surface area contributed by atoms with Crippen molar-refractivity contribution in [2.45, 2.75) is 25.7 Å². The summed E-state index contributed by atoms with van der Waals surface area (Å²) in [6, 6.07) is 8.13. The number of hydrogen-bond acceptors (Lipinski definition) is 1. The molecule has 3 atom stereocenters. The molecule has 0 aromatic heterocycles. The summed E-state index contributed by atoms with van der Waals surface area (Å²) in [5.41, 5.74) is 0. The summed E-state index contributed by atoms with van der Waals surface area (Å²) in [7, 11) is 0. The lowest BCUT2D eigenvalue weighted by Crippen LogP contribution is -2.18. The fourth-order valence-electron chi connectivity index (χ4n) is 3.34. The Morgan fingerprint density at radius 3 is 2.75 bits per heavy atom. The maximum absolute atomic E-state index is 5.93. The smallest absolute Gasteiger partial charge is 0.133 e. The highest BCUT2D eigenvalue weighted by Crippen LogP contribution is 2.48. The summed E-state index contributed by atoms with van der Waals surface area (Å²) < 4.78 is 6.99. The summed E-state index contributed by atoms with van der Waals surface area (Å²) in [6.45, 7) is 0.907. The molecule has 0 saturated heterocycles. The summed E-state index contributed by atoms with van der Waals surface area (Å²) >= 11 is 3.52. The zero-order valence-corrected chi connectivity index (χ0v) is 10.9. The van der Waals surface area contributed by atoms with Gasteiger partial charge in [0.25, 0.3) is 0 Å². The van der Waals surface area contributed by atoms with E-state index in [4.69, 9.17) is 4.74 Å². The molecular weight excluding hydrogens is 264 g/mol. The molecule has 2 aliphatic carbocycles. The molecule has 2 aliphatic rings. The number of rotatable bonds is 3. The van der Waals surface area contributed by atoms with E-state index in [1.165, 1.54) is 25.7 Å². The number of fused-ring (bicyclic) bond motifs is 2. The molecule has 16 heavy (non-hydrogen) atoms. The maximum Gasteiger partial charge on any atom is 0.133 e. The Morgan fingerprint density at radius 2 is 2.06 bits per heavy atom. The van der Waals surface area contributed by atoms with Crippen LogP contribution in [0.2, 0.25) is 0 Å². The van der Waals surface area contributed by atoms with Crippen molar-refractivity contribution in [3.8, 4) is 5.75 Å². The normalized spacial score (nSPS) is 31.9. The van der Waals surface area contributed by atoms with Gasteiger partial charge in [-0.15, -0.1) is 0 Å². The van der Waals surface area contributed by atoms with E-state index in [2.05, 4.69) is 15.9 Å². The SMILES string of the molecule is Brc1ccccc1OCC1CC2CCC1C2. The molecule has 2 saturated carbocycles. The lowest BCUT2D eigenvalue weighted by molar-refractivity contribution is 0.194. The van der Waals surface area contributed by atoms with Crippen LogP contribution in [0.3, 0.4) is 0 Å². The van der Waals surface area contributed by atoms with Gasteiger partial charge in [0.15, 0.2) is 0 Å². The third-order valence-electron chi connectivity index (χ3n) is 4.17. The molecular formula is C14H17BrO. The predicted octanol–water partition coefficient (Wildman–Crippen LogP) is 4.26. The van der Waals surface area contributed by atoms with Crippen molar-refractivity contribution >= 4 is 15.9 Å². The van der Waals surface area contributed by atoms with E-state index in [0.717, 1.165) is 34.6 Å². The van der Waals surface area contributed by atoms with Crippen molar-refractivity contribution in [1.82, 2.24) is 0 Å². The monoisotopic (exact) mass is 280 g/mol. The van der Waals surface area contributed by atoms with Gasteiger partial charge in [-0.2, -0.15) is 0 Å². The lowest BCUT2D eigenvalue weighted by atomic mass is 9.89. The van der Waals surface area contributed by atoms with Gasteiger partial charge in [0.1, 0.15) is 5.75 Å². The van der Waals surface area contributed by atoms with Gasteiger partial charge in [-0.3, -0.25) is 0 Å². The highest BCUT2D eigenvalue weighted by Gasteiger charge is 2.39. The van der Waals surface area contributed by atoms with Crippen LogP contribution in [0.4, 0.5) is 0 Å². The average molecular weight is 281 g/mol. The van der Waals surface area contributed by atoms with Crippen LogP contribution in [0.15, 0.2) is 28.7 Å². The Labute approximate surface area is 105 Å². The topological polar surface area (TPSA) is 9.23 Å². The van der Waals surface area contributed by atoms with E-state index in [-0.39, 0.29) is 0 Å². The number of ether oxygens (including phenoxy) is 1. The van der Waals surface area contributed by atoms with Crippen LogP contribution in [0, 0.1) is 17.8 Å². The third-order valence-corrected chi connectivity index (χ3v) is 4.83. The minimum absolute atomic E-state index is 0.811. The van der Waals surface area contributed by atoms with Crippen LogP contribution < -0.4 is 4.74 Å². The highest BCUT2D eigenvalue weighted by atomic mass is 79.9. The quantitative estimate of drug-likeness (QED) is 0.804. The molecule has 0 radical (unpaired) electrons. The Kier molecular flexibility index (Phi) is 2.93. The van der Waals surface area contributed by atoms with Gasteiger partial charge < -0.3 is 4.74 Å². The number of hydrogen-bond donors (Lipinski definition) is 0. The Morgan fingerprint density at radius 1 is 1.19 bits per heavy atom. The van der Waals surface area contributed by atoms with Gasteiger partial charge >= 0.3 is 0 Å². The van der Waals surface area contributed by atoms with Crippen molar-refractivity contribution < 1.29 is 4.74 Å². The van der Waals surface area contributed by atoms with Gasteiger partial charge in [0.2, 0.25) is 0 Å². The number of para-hydroxylation sites is 1. The third kappa shape index (κ3) is 2.00. The minimum Gasteiger partial charge on any atom is -0.492 e. The van der Waals surface area contributed by atoms with E-state index in [0.29, 0.717) is 0 Å². The van der Waals surface area contributed by atoms with Crippen molar-refractivity contribution in [3.63, 3.8) is 0 Å². The molecule has 2 heteroatoms. The van der Waals surface area contributed by atoms with Crippen LogP contribution in [-0.4, -0.2) is 6.61 Å². The summed E-state index contributed by atoms with van der Waals surface area (Å²) in [4.78, 5) is 0. The number of halogens is 1. The van der Waals surface area contributed by atoms with Crippen molar-refractivity contribution in [2.24, 2.45) is 17.8 Å². The first-order valence-electron chi connectivity index (χ1n) is 6.20. The zero-order valence-electron chi connectivity index (χ0n) is 9.36. The van der Waals surface area contributed by atoms with Gasteiger partial charge in [0, 0.05) is 0 Å². The first-order valence-corrected chi connectivity index (χ1v) is 6.99. The van der Waals surface area contributed by atoms with E-state index < -0.39 is 0 Å². The lowest BCUT2D eigenvalue weighted by Gasteiger charge is -2.22. The Bertz CT molecular complexity index is 377. The molecule has 0 N–H and O–H groups in total. The van der Waals surface area contributed by atoms with E-state index >= 15 is 0 Å². The van der Waals surface area contributed by atoms with Crippen LogP contribution in [0.5, 0.6) is 5.75 Å². The Hall–Kier alpha value is -0.500. The average Bonchev–Trinajstić information content (AvgIpc) is 2.90. The van der Waals surface area contributed by atoms with Crippen molar-refractivity contribution in [1.29, 1.82) is 0 Å². The van der Waals surface area contributed by atoms with E-state index in [1.54, 1.807) is 0 Å². The molecule has 1 aromatic rings. The molecule has 2 bridgehead atoms.